The predicted octanol–water partition coefficient (Wildman–Crippen LogP) is 3.01. The number of nitrogens with zero attached hydrogens (tertiary/aromatic N) is 1. The van der Waals surface area contributed by atoms with Crippen LogP contribution < -0.4 is 4.72 Å². The smallest absolute Gasteiger partial charge is 0.265 e. The second-order valence-electron chi connectivity index (χ2n) is 7.36. The molecule has 1 amide bonds. The minimum absolute atomic E-state index is 0.0532. The SMILES string of the molecule is O=C(c1cc(C2CC2)cc(NS(=O)(=O)c2cc(Br)ccc2O)c1O)N1CCOCC1. The van der Waals surface area contributed by atoms with E-state index in [1.54, 1.807) is 17.0 Å². The Bertz CT molecular complexity index is 1090. The van der Waals surface area contributed by atoms with E-state index in [4.69, 9.17) is 4.74 Å². The fraction of sp³-hybridized carbons (Fsp3) is 0.350. The van der Waals surface area contributed by atoms with Crippen LogP contribution >= 0.6 is 15.9 Å². The van der Waals surface area contributed by atoms with E-state index in [0.29, 0.717) is 30.8 Å². The molecule has 1 heterocycles. The summed E-state index contributed by atoms with van der Waals surface area (Å²) >= 11 is 3.19. The number of amides is 1. The highest BCUT2D eigenvalue weighted by atomic mass is 79.9. The first-order chi connectivity index (χ1) is 14.3. The van der Waals surface area contributed by atoms with Crippen LogP contribution in [0.5, 0.6) is 11.5 Å². The molecule has 2 aromatic carbocycles. The Balaban J connectivity index is 1.73. The van der Waals surface area contributed by atoms with E-state index in [-0.39, 0.29) is 28.0 Å². The molecule has 0 atom stereocenters. The van der Waals surface area contributed by atoms with Gasteiger partial charge in [0.15, 0.2) is 5.75 Å². The molecule has 4 rings (SSSR count). The number of phenolic OH excluding ortho intramolecular Hbond substituents is 2. The lowest BCUT2D eigenvalue weighted by Gasteiger charge is -2.27. The molecule has 1 aliphatic heterocycles. The third-order valence-electron chi connectivity index (χ3n) is 5.17. The van der Waals surface area contributed by atoms with Crippen LogP contribution in [-0.2, 0) is 14.8 Å². The highest BCUT2D eigenvalue weighted by molar-refractivity contribution is 9.10. The second-order valence-corrected chi connectivity index (χ2v) is 9.93. The quantitative estimate of drug-likeness (QED) is 0.547. The van der Waals surface area contributed by atoms with Crippen molar-refractivity contribution in [1.82, 2.24) is 4.90 Å². The Morgan fingerprint density at radius 1 is 1.13 bits per heavy atom. The lowest BCUT2D eigenvalue weighted by Crippen LogP contribution is -2.40. The van der Waals surface area contributed by atoms with Crippen LogP contribution in [0.3, 0.4) is 0 Å². The standard InChI is InChI=1S/C20H21BrN2O6S/c21-14-3-4-17(24)18(11-14)30(27,28)22-16-10-13(12-1-2-12)9-15(19(16)25)20(26)23-5-7-29-8-6-23/h3-4,9-12,22,24-25H,1-2,5-8H2. The van der Waals surface area contributed by atoms with E-state index in [9.17, 15) is 23.4 Å². The van der Waals surface area contributed by atoms with Crippen LogP contribution in [0.1, 0.15) is 34.7 Å². The molecule has 1 saturated heterocycles. The van der Waals surface area contributed by atoms with Gasteiger partial charge in [0.1, 0.15) is 10.6 Å². The third-order valence-corrected chi connectivity index (χ3v) is 7.05. The summed E-state index contributed by atoms with van der Waals surface area (Å²) < 4.78 is 33.9. The largest absolute Gasteiger partial charge is 0.507 e. The van der Waals surface area contributed by atoms with Gasteiger partial charge in [-0.05, 0) is 54.7 Å². The van der Waals surface area contributed by atoms with Gasteiger partial charge in [-0.1, -0.05) is 15.9 Å². The lowest BCUT2D eigenvalue weighted by atomic mass is 10.0. The Kier molecular flexibility index (Phi) is 5.65. The van der Waals surface area contributed by atoms with E-state index in [1.807, 2.05) is 0 Å². The fourth-order valence-electron chi connectivity index (χ4n) is 3.39. The summed E-state index contributed by atoms with van der Waals surface area (Å²) in [6.45, 7) is 1.63. The summed E-state index contributed by atoms with van der Waals surface area (Å²) in [7, 11) is -4.21. The van der Waals surface area contributed by atoms with Crippen molar-refractivity contribution in [3.63, 3.8) is 0 Å². The van der Waals surface area contributed by atoms with Crippen molar-refractivity contribution in [2.75, 3.05) is 31.0 Å². The van der Waals surface area contributed by atoms with Crippen LogP contribution in [0, 0.1) is 0 Å². The van der Waals surface area contributed by atoms with Crippen LogP contribution in [-0.4, -0.2) is 55.7 Å². The first kappa shape index (κ1) is 21.0. The van der Waals surface area contributed by atoms with Gasteiger partial charge in [0, 0.05) is 17.6 Å². The zero-order valence-corrected chi connectivity index (χ0v) is 18.4. The number of anilines is 1. The molecule has 0 unspecified atom stereocenters. The molecule has 8 nitrogen and oxygen atoms in total. The Hall–Kier alpha value is -2.30. The number of hydrogen-bond acceptors (Lipinski definition) is 6. The number of carbonyl (C=O) groups excluding carboxylic acids is 1. The van der Waals surface area contributed by atoms with Crippen molar-refractivity contribution < 1.29 is 28.2 Å². The van der Waals surface area contributed by atoms with E-state index in [2.05, 4.69) is 20.7 Å². The molecule has 160 valence electrons. The maximum Gasteiger partial charge on any atom is 0.265 e. The van der Waals surface area contributed by atoms with Gasteiger partial charge in [0.05, 0.1) is 24.5 Å². The monoisotopic (exact) mass is 496 g/mol. The van der Waals surface area contributed by atoms with Crippen molar-refractivity contribution in [1.29, 1.82) is 0 Å². The van der Waals surface area contributed by atoms with Crippen molar-refractivity contribution in [3.8, 4) is 11.5 Å². The summed E-state index contributed by atoms with van der Waals surface area (Å²) in [5, 5.41) is 20.8. The minimum atomic E-state index is -4.21. The second kappa shape index (κ2) is 8.09. The topological polar surface area (TPSA) is 116 Å². The Labute approximate surface area is 182 Å². The third kappa shape index (κ3) is 4.26. The van der Waals surface area contributed by atoms with Gasteiger partial charge in [-0.25, -0.2) is 8.42 Å². The highest BCUT2D eigenvalue weighted by Crippen LogP contribution is 2.44. The fourth-order valence-corrected chi connectivity index (χ4v) is 5.08. The summed E-state index contributed by atoms with van der Waals surface area (Å²) in [6.07, 6.45) is 1.88. The maximum absolute atomic E-state index is 13.0. The molecule has 0 aromatic heterocycles. The normalized spacial score (nSPS) is 17.0. The number of sulfonamides is 1. The molecule has 2 aliphatic rings. The number of aromatic hydroxyl groups is 2. The van der Waals surface area contributed by atoms with Crippen LogP contribution in [0.4, 0.5) is 5.69 Å². The van der Waals surface area contributed by atoms with Gasteiger partial charge in [-0.3, -0.25) is 9.52 Å². The average Bonchev–Trinajstić information content (AvgIpc) is 3.56. The molecular weight excluding hydrogens is 476 g/mol. The molecule has 2 aromatic rings. The van der Waals surface area contributed by atoms with Gasteiger partial charge >= 0.3 is 0 Å². The number of carbonyl (C=O) groups is 1. The molecule has 1 saturated carbocycles. The number of benzene rings is 2. The van der Waals surface area contributed by atoms with Gasteiger partial charge in [0.25, 0.3) is 15.9 Å². The first-order valence-electron chi connectivity index (χ1n) is 9.51. The maximum atomic E-state index is 13.0. The van der Waals surface area contributed by atoms with Crippen molar-refractivity contribution >= 4 is 37.5 Å². The van der Waals surface area contributed by atoms with Crippen molar-refractivity contribution in [2.24, 2.45) is 0 Å². The highest BCUT2D eigenvalue weighted by Gasteiger charge is 2.30. The summed E-state index contributed by atoms with van der Waals surface area (Å²) in [5.41, 5.74) is 0.758. The summed E-state index contributed by atoms with van der Waals surface area (Å²) in [5.74, 6) is -1.00. The first-order valence-corrected chi connectivity index (χ1v) is 11.8. The van der Waals surface area contributed by atoms with Crippen molar-refractivity contribution in [3.05, 3.63) is 45.9 Å². The number of ether oxygens (including phenoxy) is 1. The van der Waals surface area contributed by atoms with Gasteiger partial charge in [-0.15, -0.1) is 0 Å². The van der Waals surface area contributed by atoms with E-state index in [1.165, 1.54) is 18.2 Å². The molecule has 0 bridgehead atoms. The van der Waals surface area contributed by atoms with Crippen molar-refractivity contribution in [2.45, 2.75) is 23.7 Å². The van der Waals surface area contributed by atoms with E-state index in [0.717, 1.165) is 18.4 Å². The minimum Gasteiger partial charge on any atom is -0.507 e. The zero-order chi connectivity index (χ0) is 21.5. The van der Waals surface area contributed by atoms with E-state index >= 15 is 0 Å². The van der Waals surface area contributed by atoms with Crippen LogP contribution in [0.15, 0.2) is 39.7 Å². The van der Waals surface area contributed by atoms with Gasteiger partial charge in [0.2, 0.25) is 0 Å². The average molecular weight is 497 g/mol. The molecule has 1 aliphatic carbocycles. The number of morpholine rings is 1. The Morgan fingerprint density at radius 3 is 2.50 bits per heavy atom. The number of halogens is 1. The van der Waals surface area contributed by atoms with Crippen LogP contribution in [0.25, 0.3) is 0 Å². The number of hydrogen-bond donors (Lipinski definition) is 3. The number of rotatable bonds is 5. The van der Waals surface area contributed by atoms with Gasteiger partial charge in [-0.2, -0.15) is 0 Å². The number of phenols is 2. The summed E-state index contributed by atoms with van der Waals surface area (Å²) in [4.78, 5) is 14.2. The Morgan fingerprint density at radius 2 is 1.83 bits per heavy atom. The lowest BCUT2D eigenvalue weighted by molar-refractivity contribution is 0.0301. The molecule has 2 fully saturated rings. The molecule has 0 radical (unpaired) electrons. The van der Waals surface area contributed by atoms with Gasteiger partial charge < -0.3 is 19.8 Å². The molecule has 3 N–H and O–H groups in total. The molecule has 30 heavy (non-hydrogen) atoms. The zero-order valence-electron chi connectivity index (χ0n) is 16.0. The predicted molar refractivity (Wildman–Crippen MR) is 113 cm³/mol. The molecular formula is C20H21BrN2O6S. The number of nitrogens with one attached hydrogen (secondary N) is 1. The summed E-state index contributed by atoms with van der Waals surface area (Å²) in [6, 6.07) is 7.22. The van der Waals surface area contributed by atoms with Crippen LogP contribution in [0.2, 0.25) is 0 Å². The molecule has 0 spiro atoms. The molecule has 10 heteroatoms. The van der Waals surface area contributed by atoms with E-state index < -0.39 is 21.5 Å².